The summed E-state index contributed by atoms with van der Waals surface area (Å²) in [4.78, 5) is 21.7. The largest absolute Gasteiger partial charge is 0.481 e. The number of carboxylic acids is 1. The van der Waals surface area contributed by atoms with Gasteiger partial charge in [0.05, 0.1) is 66.1 Å². The number of carbonyl (C=O) groups is 2. The van der Waals surface area contributed by atoms with E-state index in [1.165, 1.54) is 0 Å². The van der Waals surface area contributed by atoms with Gasteiger partial charge in [0.25, 0.3) is 0 Å². The number of halogens is 1. The first-order chi connectivity index (χ1) is 13.7. The average Bonchev–Trinajstić information content (AvgIpc) is 2.67. The van der Waals surface area contributed by atoms with Gasteiger partial charge in [-0.2, -0.15) is 0 Å². The van der Waals surface area contributed by atoms with Gasteiger partial charge in [0.1, 0.15) is 13.3 Å². The Kier molecular flexibility index (Phi) is 20.9. The third kappa shape index (κ3) is 22.7. The van der Waals surface area contributed by atoms with E-state index in [4.69, 9.17) is 33.5 Å². The number of hydrogen-bond acceptors (Lipinski definition) is 8. The van der Waals surface area contributed by atoms with Crippen LogP contribution >= 0.6 is 0 Å². The Morgan fingerprint density at radius 3 is 1.43 bits per heavy atom. The molecule has 1 N–H and O–H groups in total. The summed E-state index contributed by atoms with van der Waals surface area (Å²) in [5.74, 6) is -1.21. The highest BCUT2D eigenvalue weighted by Crippen LogP contribution is 2.01. The molecule has 9 nitrogen and oxygen atoms in total. The zero-order chi connectivity index (χ0) is 20.7. The van der Waals surface area contributed by atoms with Gasteiger partial charge in [-0.1, -0.05) is 0 Å². The predicted octanol–water partition coefficient (Wildman–Crippen LogP) is 1.23. The summed E-state index contributed by atoms with van der Waals surface area (Å²) in [6, 6.07) is 0. The Bertz CT molecular complexity index is 369. The van der Waals surface area contributed by atoms with Gasteiger partial charge < -0.3 is 33.5 Å². The molecule has 0 saturated carbocycles. The predicted molar refractivity (Wildman–Crippen MR) is 97.1 cm³/mol. The Morgan fingerprint density at radius 1 is 0.607 bits per heavy atom. The van der Waals surface area contributed by atoms with E-state index in [9.17, 15) is 14.0 Å². The van der Waals surface area contributed by atoms with Crippen molar-refractivity contribution in [3.8, 4) is 0 Å². The van der Waals surface area contributed by atoms with E-state index in [0.717, 1.165) is 0 Å². The summed E-state index contributed by atoms with van der Waals surface area (Å²) >= 11 is 0. The fourth-order valence-corrected chi connectivity index (χ4v) is 1.87. The summed E-state index contributed by atoms with van der Waals surface area (Å²) in [6.07, 6.45) is 1.25. The maximum atomic E-state index is 11.7. The van der Waals surface area contributed by atoms with Crippen LogP contribution in [0.15, 0.2) is 0 Å². The first-order valence-corrected chi connectivity index (χ1v) is 9.49. The van der Waals surface area contributed by atoms with Crippen LogP contribution in [0.1, 0.15) is 25.7 Å². The van der Waals surface area contributed by atoms with Crippen LogP contribution in [0, 0.1) is 0 Å². The third-order valence-corrected chi connectivity index (χ3v) is 3.22. The second kappa shape index (κ2) is 22.0. The van der Waals surface area contributed by atoms with Crippen molar-refractivity contribution in [3.05, 3.63) is 0 Å². The van der Waals surface area contributed by atoms with Gasteiger partial charge in [0, 0.05) is 12.8 Å². The van der Waals surface area contributed by atoms with Crippen molar-refractivity contribution in [2.75, 3.05) is 79.4 Å². The van der Waals surface area contributed by atoms with Gasteiger partial charge in [-0.05, 0) is 12.8 Å². The van der Waals surface area contributed by atoms with Crippen molar-refractivity contribution >= 4 is 11.9 Å². The Morgan fingerprint density at radius 2 is 1.00 bits per heavy atom. The quantitative estimate of drug-likeness (QED) is 0.207. The lowest BCUT2D eigenvalue weighted by Gasteiger charge is -2.08. The lowest BCUT2D eigenvalue weighted by atomic mass is 10.2. The zero-order valence-corrected chi connectivity index (χ0v) is 16.4. The molecule has 0 rings (SSSR count). The summed E-state index contributed by atoms with van der Waals surface area (Å²) in [5, 5.41) is 8.48. The minimum absolute atomic E-state index is 0.0628. The van der Waals surface area contributed by atoms with E-state index in [2.05, 4.69) is 0 Å². The average molecular weight is 412 g/mol. The van der Waals surface area contributed by atoms with Crippen LogP contribution in [0.2, 0.25) is 0 Å². The van der Waals surface area contributed by atoms with E-state index in [1.807, 2.05) is 0 Å². The van der Waals surface area contributed by atoms with Gasteiger partial charge in [-0.3, -0.25) is 9.59 Å². The van der Waals surface area contributed by atoms with Crippen LogP contribution < -0.4 is 0 Å². The number of carboxylic acid groups (broad SMARTS) is 1. The molecule has 0 aliphatic carbocycles. The van der Waals surface area contributed by atoms with E-state index in [-0.39, 0.29) is 38.6 Å². The number of unbranched alkanes of at least 4 members (excludes halogenated alkanes) is 1. The van der Waals surface area contributed by atoms with Crippen molar-refractivity contribution in [2.24, 2.45) is 0 Å². The second-order valence-corrected chi connectivity index (χ2v) is 5.57. The molecule has 0 heterocycles. The summed E-state index contributed by atoms with van der Waals surface area (Å²) in [5.41, 5.74) is 0. The molecule has 0 amide bonds. The fraction of sp³-hybridized carbons (Fsp3) is 0.889. The molecule has 0 aliphatic rings. The summed E-state index contributed by atoms with van der Waals surface area (Å²) < 4.78 is 42.7. The molecule has 0 spiro atoms. The van der Waals surface area contributed by atoms with Crippen LogP contribution in [0.4, 0.5) is 4.39 Å². The van der Waals surface area contributed by atoms with E-state index in [0.29, 0.717) is 65.7 Å². The molecule has 0 aliphatic heterocycles. The van der Waals surface area contributed by atoms with Crippen molar-refractivity contribution < 1.29 is 47.5 Å². The molecule has 0 atom stereocenters. The highest BCUT2D eigenvalue weighted by atomic mass is 19.1. The second-order valence-electron chi connectivity index (χ2n) is 5.57. The fourth-order valence-electron chi connectivity index (χ4n) is 1.87. The highest BCUT2D eigenvalue weighted by molar-refractivity contribution is 5.69. The SMILES string of the molecule is O=C(O)CCCCC(=O)OCCOCCOCCOCCOCCOCCF. The first-order valence-electron chi connectivity index (χ1n) is 9.49. The Labute approximate surface area is 165 Å². The maximum absolute atomic E-state index is 11.7. The lowest BCUT2D eigenvalue weighted by Crippen LogP contribution is -2.15. The van der Waals surface area contributed by atoms with Crippen molar-refractivity contribution in [2.45, 2.75) is 25.7 Å². The zero-order valence-electron chi connectivity index (χ0n) is 16.4. The van der Waals surface area contributed by atoms with Gasteiger partial charge in [-0.25, -0.2) is 4.39 Å². The molecule has 0 aromatic heterocycles. The number of ether oxygens (including phenoxy) is 6. The van der Waals surface area contributed by atoms with Gasteiger partial charge >= 0.3 is 11.9 Å². The molecule has 0 saturated heterocycles. The molecule has 10 heteroatoms. The number of hydrogen-bond donors (Lipinski definition) is 1. The van der Waals surface area contributed by atoms with Crippen LogP contribution in [-0.2, 0) is 38.0 Å². The molecular weight excluding hydrogens is 379 g/mol. The normalized spacial score (nSPS) is 10.9. The molecule has 166 valence electrons. The van der Waals surface area contributed by atoms with Crippen molar-refractivity contribution in [1.82, 2.24) is 0 Å². The summed E-state index contributed by atoms with van der Waals surface area (Å²) in [7, 11) is 0. The number of esters is 1. The van der Waals surface area contributed by atoms with Crippen molar-refractivity contribution in [1.29, 1.82) is 0 Å². The van der Waals surface area contributed by atoms with Gasteiger partial charge in [0.15, 0.2) is 0 Å². The van der Waals surface area contributed by atoms with E-state index < -0.39 is 12.6 Å². The molecular formula is C18H33FO9. The molecule has 0 bridgehead atoms. The van der Waals surface area contributed by atoms with Crippen LogP contribution in [0.3, 0.4) is 0 Å². The number of alkyl halides is 1. The standard InChI is InChI=1S/C18H33FO9/c19-5-6-23-7-8-24-9-10-25-11-12-26-13-14-27-15-16-28-18(22)4-2-1-3-17(20)21/h1-16H2,(H,20,21). The minimum atomic E-state index is -0.863. The number of carbonyl (C=O) groups excluding carboxylic acids is 1. The topological polar surface area (TPSA) is 110 Å². The first kappa shape index (κ1) is 26.7. The molecule has 28 heavy (non-hydrogen) atoms. The molecule has 0 aromatic rings. The number of aliphatic carboxylic acids is 1. The van der Waals surface area contributed by atoms with E-state index in [1.54, 1.807) is 0 Å². The maximum Gasteiger partial charge on any atom is 0.305 e. The van der Waals surface area contributed by atoms with Crippen LogP contribution in [0.5, 0.6) is 0 Å². The molecule has 0 radical (unpaired) electrons. The molecule has 0 unspecified atom stereocenters. The van der Waals surface area contributed by atoms with Crippen LogP contribution in [-0.4, -0.2) is 96.4 Å². The van der Waals surface area contributed by atoms with Gasteiger partial charge in [-0.15, -0.1) is 0 Å². The van der Waals surface area contributed by atoms with Crippen LogP contribution in [0.25, 0.3) is 0 Å². The Balaban J connectivity index is 3.11. The Hall–Kier alpha value is -1.33. The summed E-state index contributed by atoms with van der Waals surface area (Å²) in [6.45, 7) is 3.43. The molecule has 0 aromatic carbocycles. The third-order valence-electron chi connectivity index (χ3n) is 3.22. The highest BCUT2D eigenvalue weighted by Gasteiger charge is 2.04. The smallest absolute Gasteiger partial charge is 0.305 e. The lowest BCUT2D eigenvalue weighted by molar-refractivity contribution is -0.146. The monoisotopic (exact) mass is 412 g/mol. The van der Waals surface area contributed by atoms with E-state index >= 15 is 0 Å². The molecule has 0 fully saturated rings. The van der Waals surface area contributed by atoms with Crippen molar-refractivity contribution in [3.63, 3.8) is 0 Å². The number of rotatable bonds is 22. The minimum Gasteiger partial charge on any atom is -0.481 e. The van der Waals surface area contributed by atoms with Gasteiger partial charge in [0.2, 0.25) is 0 Å².